The Bertz CT molecular complexity index is 707. The standard InChI is InChI=1S/C15H21N3O4S/c1-23(21,22)13-4-5-14(15(10-13)18(19)20)17-8-6-12(7-9-17)16-11-2-3-11/h4-5,10-12,16H,2-3,6-9H2,1H3. The Morgan fingerprint density at radius 2 is 1.78 bits per heavy atom. The molecule has 0 aromatic heterocycles. The summed E-state index contributed by atoms with van der Waals surface area (Å²) in [6, 6.07) is 5.32. The molecule has 1 saturated carbocycles. The summed E-state index contributed by atoms with van der Waals surface area (Å²) in [5, 5.41) is 14.9. The second-order valence-corrected chi connectivity index (χ2v) is 8.40. The average molecular weight is 339 g/mol. The van der Waals surface area contributed by atoms with E-state index in [0.717, 1.165) is 32.2 Å². The number of nitro benzene ring substituents is 1. The molecule has 0 atom stereocenters. The minimum absolute atomic E-state index is 0.0155. The summed E-state index contributed by atoms with van der Waals surface area (Å²) in [4.78, 5) is 12.8. The summed E-state index contributed by atoms with van der Waals surface area (Å²) >= 11 is 0. The fourth-order valence-corrected chi connectivity index (χ4v) is 3.66. The zero-order valence-corrected chi connectivity index (χ0v) is 13.9. The highest BCUT2D eigenvalue weighted by atomic mass is 32.2. The van der Waals surface area contributed by atoms with Crippen molar-refractivity contribution in [1.82, 2.24) is 5.32 Å². The molecule has 126 valence electrons. The van der Waals surface area contributed by atoms with Crippen LogP contribution in [0.3, 0.4) is 0 Å². The van der Waals surface area contributed by atoms with Crippen LogP contribution in [-0.4, -0.2) is 44.8 Å². The quantitative estimate of drug-likeness (QED) is 0.648. The number of benzene rings is 1. The molecule has 1 aliphatic carbocycles. The van der Waals surface area contributed by atoms with Gasteiger partial charge in [0.25, 0.3) is 5.69 Å². The highest BCUT2D eigenvalue weighted by molar-refractivity contribution is 7.90. The Balaban J connectivity index is 1.78. The van der Waals surface area contributed by atoms with Crippen molar-refractivity contribution in [3.05, 3.63) is 28.3 Å². The van der Waals surface area contributed by atoms with Crippen molar-refractivity contribution < 1.29 is 13.3 Å². The first-order valence-corrected chi connectivity index (χ1v) is 9.73. The average Bonchev–Trinajstić information content (AvgIpc) is 3.30. The molecule has 0 spiro atoms. The Hall–Kier alpha value is -1.67. The molecule has 8 heteroatoms. The highest BCUT2D eigenvalue weighted by Crippen LogP contribution is 2.33. The van der Waals surface area contributed by atoms with Crippen LogP contribution in [0, 0.1) is 10.1 Å². The molecule has 3 rings (SSSR count). The van der Waals surface area contributed by atoms with E-state index in [1.807, 2.05) is 4.90 Å². The summed E-state index contributed by atoms with van der Waals surface area (Å²) < 4.78 is 23.2. The molecule has 0 unspecified atom stereocenters. The first-order chi connectivity index (χ1) is 10.8. The van der Waals surface area contributed by atoms with Crippen LogP contribution in [0.1, 0.15) is 25.7 Å². The molecular formula is C15H21N3O4S. The lowest BCUT2D eigenvalue weighted by Gasteiger charge is -2.33. The van der Waals surface area contributed by atoms with Crippen LogP contribution in [0.5, 0.6) is 0 Å². The van der Waals surface area contributed by atoms with E-state index >= 15 is 0 Å². The third-order valence-corrected chi connectivity index (χ3v) is 5.57. The normalized spacial score (nSPS) is 19.8. The Kier molecular flexibility index (Phi) is 4.29. The largest absolute Gasteiger partial charge is 0.366 e. The number of hydrogen-bond donors (Lipinski definition) is 1. The molecule has 1 aromatic carbocycles. The van der Waals surface area contributed by atoms with E-state index in [0.29, 0.717) is 17.8 Å². The van der Waals surface area contributed by atoms with Gasteiger partial charge >= 0.3 is 0 Å². The molecule has 0 amide bonds. The number of nitrogens with one attached hydrogen (secondary N) is 1. The van der Waals surface area contributed by atoms with Gasteiger partial charge in [0, 0.05) is 37.5 Å². The van der Waals surface area contributed by atoms with Crippen LogP contribution in [0.15, 0.2) is 23.1 Å². The molecule has 0 bridgehead atoms. The van der Waals surface area contributed by atoms with Crippen molar-refractivity contribution in [2.24, 2.45) is 0 Å². The second-order valence-electron chi connectivity index (χ2n) is 6.38. The molecule has 1 heterocycles. The topological polar surface area (TPSA) is 92.6 Å². The van der Waals surface area contributed by atoms with Crippen LogP contribution < -0.4 is 10.2 Å². The van der Waals surface area contributed by atoms with Crippen LogP contribution in [0.25, 0.3) is 0 Å². The monoisotopic (exact) mass is 339 g/mol. The summed E-state index contributed by atoms with van der Waals surface area (Å²) in [5.41, 5.74) is 0.369. The van der Waals surface area contributed by atoms with Crippen molar-refractivity contribution in [2.75, 3.05) is 24.2 Å². The number of piperidine rings is 1. The SMILES string of the molecule is CS(=O)(=O)c1ccc(N2CCC(NC3CC3)CC2)c([N+](=O)[O-])c1. The van der Waals surface area contributed by atoms with Gasteiger partial charge in [-0.2, -0.15) is 0 Å². The van der Waals surface area contributed by atoms with Gasteiger partial charge in [0.15, 0.2) is 9.84 Å². The van der Waals surface area contributed by atoms with E-state index in [1.165, 1.54) is 25.0 Å². The lowest BCUT2D eigenvalue weighted by Crippen LogP contribution is -2.43. The number of anilines is 1. The van der Waals surface area contributed by atoms with Crippen molar-refractivity contribution in [2.45, 2.75) is 42.7 Å². The second kappa shape index (κ2) is 6.09. The number of rotatable bonds is 5. The maximum atomic E-state index is 11.6. The molecule has 1 saturated heterocycles. The lowest BCUT2D eigenvalue weighted by molar-refractivity contribution is -0.384. The smallest absolute Gasteiger partial charge is 0.293 e. The van der Waals surface area contributed by atoms with Crippen molar-refractivity contribution in [3.8, 4) is 0 Å². The molecule has 2 fully saturated rings. The van der Waals surface area contributed by atoms with E-state index < -0.39 is 14.8 Å². The molecule has 0 radical (unpaired) electrons. The molecule has 1 aliphatic heterocycles. The van der Waals surface area contributed by atoms with E-state index in [1.54, 1.807) is 6.07 Å². The van der Waals surface area contributed by atoms with E-state index in [-0.39, 0.29) is 10.6 Å². The predicted octanol–water partition coefficient (Wildman–Crippen LogP) is 1.72. The molecule has 23 heavy (non-hydrogen) atoms. The summed E-state index contributed by atoms with van der Waals surface area (Å²) in [5.74, 6) is 0. The van der Waals surface area contributed by atoms with E-state index in [4.69, 9.17) is 0 Å². The maximum Gasteiger partial charge on any atom is 0.293 e. The van der Waals surface area contributed by atoms with Crippen molar-refractivity contribution in [3.63, 3.8) is 0 Å². The first kappa shape index (κ1) is 16.2. The van der Waals surface area contributed by atoms with Gasteiger partial charge in [-0.15, -0.1) is 0 Å². The summed E-state index contributed by atoms with van der Waals surface area (Å²) in [6.45, 7) is 1.48. The fraction of sp³-hybridized carbons (Fsp3) is 0.600. The third kappa shape index (κ3) is 3.81. The Morgan fingerprint density at radius 3 is 2.30 bits per heavy atom. The molecule has 1 N–H and O–H groups in total. The van der Waals surface area contributed by atoms with Gasteiger partial charge in [-0.1, -0.05) is 0 Å². The van der Waals surface area contributed by atoms with Crippen LogP contribution in [0.2, 0.25) is 0 Å². The minimum Gasteiger partial charge on any atom is -0.366 e. The number of sulfone groups is 1. The van der Waals surface area contributed by atoms with E-state index in [9.17, 15) is 18.5 Å². The molecule has 1 aromatic rings. The molecular weight excluding hydrogens is 318 g/mol. The zero-order valence-electron chi connectivity index (χ0n) is 13.1. The van der Waals surface area contributed by atoms with Crippen LogP contribution in [0.4, 0.5) is 11.4 Å². The summed E-state index contributed by atoms with van der Waals surface area (Å²) in [7, 11) is -3.45. The van der Waals surface area contributed by atoms with Gasteiger partial charge in [0.05, 0.1) is 9.82 Å². The maximum absolute atomic E-state index is 11.6. The zero-order chi connectivity index (χ0) is 16.6. The van der Waals surface area contributed by atoms with Gasteiger partial charge in [-0.25, -0.2) is 8.42 Å². The van der Waals surface area contributed by atoms with E-state index in [2.05, 4.69) is 5.32 Å². The first-order valence-electron chi connectivity index (χ1n) is 7.84. The van der Waals surface area contributed by atoms with Crippen molar-refractivity contribution >= 4 is 21.2 Å². The van der Waals surface area contributed by atoms with Gasteiger partial charge in [-0.3, -0.25) is 10.1 Å². The molecule has 7 nitrogen and oxygen atoms in total. The predicted molar refractivity (Wildman–Crippen MR) is 87.6 cm³/mol. The van der Waals surface area contributed by atoms with Gasteiger partial charge < -0.3 is 10.2 Å². The summed E-state index contributed by atoms with van der Waals surface area (Å²) in [6.07, 6.45) is 5.45. The number of hydrogen-bond acceptors (Lipinski definition) is 6. The van der Waals surface area contributed by atoms with Gasteiger partial charge in [-0.05, 0) is 37.8 Å². The number of nitrogens with zero attached hydrogens (tertiary/aromatic N) is 2. The Labute approximate surface area is 135 Å². The molecule has 2 aliphatic rings. The lowest BCUT2D eigenvalue weighted by atomic mass is 10.0. The fourth-order valence-electron chi connectivity index (χ4n) is 3.02. The van der Waals surface area contributed by atoms with Gasteiger partial charge in [0.2, 0.25) is 0 Å². The van der Waals surface area contributed by atoms with Crippen molar-refractivity contribution in [1.29, 1.82) is 0 Å². The third-order valence-electron chi connectivity index (χ3n) is 4.46. The van der Waals surface area contributed by atoms with Crippen LogP contribution in [-0.2, 0) is 9.84 Å². The highest BCUT2D eigenvalue weighted by Gasteiger charge is 2.29. The minimum atomic E-state index is -3.45. The Morgan fingerprint density at radius 1 is 1.17 bits per heavy atom. The van der Waals surface area contributed by atoms with Crippen LogP contribution >= 0.6 is 0 Å². The number of nitro groups is 1. The van der Waals surface area contributed by atoms with Gasteiger partial charge in [0.1, 0.15) is 5.69 Å².